The number of likely N-dealkylation sites (N-methyl/N-ethyl adjacent to an activating group) is 1. The fraction of sp³-hybridized carbons (Fsp3) is 0.632. The van der Waals surface area contributed by atoms with E-state index in [2.05, 4.69) is 0 Å². The lowest BCUT2D eigenvalue weighted by Gasteiger charge is -2.36. The average molecular weight is 383 g/mol. The third-order valence-electron chi connectivity index (χ3n) is 4.94. The van der Waals surface area contributed by atoms with Crippen molar-refractivity contribution in [3.63, 3.8) is 0 Å². The van der Waals surface area contributed by atoms with Gasteiger partial charge in [-0.25, -0.2) is 8.42 Å². The van der Waals surface area contributed by atoms with Gasteiger partial charge in [-0.2, -0.15) is 0 Å². The first kappa shape index (κ1) is 20.6. The highest BCUT2D eigenvalue weighted by molar-refractivity contribution is 7.92. The number of sulfonamides is 1. The molecule has 0 unspecified atom stereocenters. The lowest BCUT2D eigenvalue weighted by molar-refractivity contribution is -0.133. The molecule has 26 heavy (non-hydrogen) atoms. The van der Waals surface area contributed by atoms with E-state index in [1.807, 2.05) is 6.92 Å². The molecule has 0 spiro atoms. The molecule has 0 radical (unpaired) electrons. The maximum absolute atomic E-state index is 13.0. The van der Waals surface area contributed by atoms with Crippen molar-refractivity contribution in [3.8, 4) is 5.75 Å². The molecule has 1 atom stereocenters. The molecule has 0 bridgehead atoms. The lowest BCUT2D eigenvalue weighted by Crippen LogP contribution is -2.51. The molecule has 1 saturated carbocycles. The Morgan fingerprint density at radius 2 is 1.77 bits per heavy atom. The summed E-state index contributed by atoms with van der Waals surface area (Å²) < 4.78 is 31.4. The summed E-state index contributed by atoms with van der Waals surface area (Å²) in [5.41, 5.74) is 0.467. The number of rotatable bonds is 7. The van der Waals surface area contributed by atoms with Gasteiger partial charge in [-0.3, -0.25) is 9.10 Å². The first-order valence-electron chi connectivity index (χ1n) is 9.24. The standard InChI is InChI=1S/C19H30N2O4S/c1-5-25-18-13-11-17(12-14-18)21(26(4,23)24)15(2)19(22)20(3)16-9-7-6-8-10-16/h11-16H,5-10H2,1-4H3/t15-/m1/s1. The van der Waals surface area contributed by atoms with E-state index in [4.69, 9.17) is 4.74 Å². The second-order valence-corrected chi connectivity index (χ2v) is 8.76. The normalized spacial score (nSPS) is 16.8. The number of ether oxygens (including phenoxy) is 1. The molecule has 6 nitrogen and oxygen atoms in total. The van der Waals surface area contributed by atoms with Gasteiger partial charge >= 0.3 is 0 Å². The van der Waals surface area contributed by atoms with Crippen molar-refractivity contribution in [1.82, 2.24) is 4.90 Å². The average Bonchev–Trinajstić information content (AvgIpc) is 2.62. The van der Waals surface area contributed by atoms with Gasteiger partial charge in [0.05, 0.1) is 18.6 Å². The molecule has 0 aliphatic heterocycles. The Balaban J connectivity index is 2.23. The first-order chi connectivity index (χ1) is 12.3. The summed E-state index contributed by atoms with van der Waals surface area (Å²) in [4.78, 5) is 14.7. The molecular weight excluding hydrogens is 352 g/mol. The minimum atomic E-state index is -3.61. The molecular formula is C19H30N2O4S. The van der Waals surface area contributed by atoms with Crippen LogP contribution in [-0.4, -0.2) is 51.2 Å². The Morgan fingerprint density at radius 1 is 1.19 bits per heavy atom. The maximum Gasteiger partial charge on any atom is 0.246 e. The van der Waals surface area contributed by atoms with Crippen LogP contribution in [0, 0.1) is 0 Å². The molecule has 1 aromatic rings. The van der Waals surface area contributed by atoms with Crippen LogP contribution in [0.25, 0.3) is 0 Å². The highest BCUT2D eigenvalue weighted by atomic mass is 32.2. The molecule has 0 heterocycles. The van der Waals surface area contributed by atoms with Gasteiger partial charge in [0.1, 0.15) is 11.8 Å². The largest absolute Gasteiger partial charge is 0.494 e. The highest BCUT2D eigenvalue weighted by Gasteiger charge is 2.33. The van der Waals surface area contributed by atoms with Gasteiger partial charge in [-0.1, -0.05) is 19.3 Å². The van der Waals surface area contributed by atoms with Gasteiger partial charge in [0.25, 0.3) is 0 Å². The molecule has 0 N–H and O–H groups in total. The fourth-order valence-electron chi connectivity index (χ4n) is 3.60. The molecule has 1 amide bonds. The van der Waals surface area contributed by atoms with E-state index in [1.165, 1.54) is 10.7 Å². The summed E-state index contributed by atoms with van der Waals surface area (Å²) in [5, 5.41) is 0. The van der Waals surface area contributed by atoms with Crippen LogP contribution in [0.3, 0.4) is 0 Å². The summed E-state index contributed by atoms with van der Waals surface area (Å²) in [7, 11) is -1.82. The molecule has 0 saturated heterocycles. The predicted molar refractivity (Wildman–Crippen MR) is 104 cm³/mol. The minimum Gasteiger partial charge on any atom is -0.494 e. The van der Waals surface area contributed by atoms with E-state index in [9.17, 15) is 13.2 Å². The monoisotopic (exact) mass is 382 g/mol. The third-order valence-corrected chi connectivity index (χ3v) is 6.18. The van der Waals surface area contributed by atoms with Gasteiger partial charge in [-0.05, 0) is 51.0 Å². The summed E-state index contributed by atoms with van der Waals surface area (Å²) in [6.45, 7) is 4.08. The number of hydrogen-bond acceptors (Lipinski definition) is 4. The number of nitrogens with zero attached hydrogens (tertiary/aromatic N) is 2. The molecule has 7 heteroatoms. The van der Waals surface area contributed by atoms with E-state index in [0.717, 1.165) is 31.9 Å². The van der Waals surface area contributed by atoms with Gasteiger partial charge in [0.2, 0.25) is 15.9 Å². The van der Waals surface area contributed by atoms with Crippen molar-refractivity contribution >= 4 is 21.6 Å². The molecule has 2 rings (SSSR count). The number of carbonyl (C=O) groups excluding carboxylic acids is 1. The van der Waals surface area contributed by atoms with E-state index >= 15 is 0 Å². The Bertz CT molecular complexity index is 697. The highest BCUT2D eigenvalue weighted by Crippen LogP contribution is 2.27. The zero-order valence-electron chi connectivity index (χ0n) is 16.1. The SMILES string of the molecule is CCOc1ccc(N([C@H](C)C(=O)N(C)C2CCCCC2)S(C)(=O)=O)cc1. The van der Waals surface area contributed by atoms with Crippen LogP contribution >= 0.6 is 0 Å². The Morgan fingerprint density at radius 3 is 2.27 bits per heavy atom. The van der Waals surface area contributed by atoms with Crippen molar-refractivity contribution in [2.75, 3.05) is 24.2 Å². The Labute approximate surface area is 157 Å². The molecule has 0 aromatic heterocycles. The Hall–Kier alpha value is -1.76. The zero-order valence-corrected chi connectivity index (χ0v) is 17.0. The first-order valence-corrected chi connectivity index (χ1v) is 11.1. The van der Waals surface area contributed by atoms with Gasteiger partial charge in [0.15, 0.2) is 0 Å². The third kappa shape index (κ3) is 4.90. The van der Waals surface area contributed by atoms with Crippen molar-refractivity contribution in [2.24, 2.45) is 0 Å². The van der Waals surface area contributed by atoms with Crippen LogP contribution in [0.4, 0.5) is 5.69 Å². The van der Waals surface area contributed by atoms with E-state index < -0.39 is 16.1 Å². The Kier molecular flexibility index (Phi) is 6.92. The van der Waals surface area contributed by atoms with E-state index in [-0.39, 0.29) is 11.9 Å². The number of amides is 1. The van der Waals surface area contributed by atoms with Crippen molar-refractivity contribution < 1.29 is 17.9 Å². The predicted octanol–water partition coefficient (Wildman–Crippen LogP) is 3.03. The number of anilines is 1. The second kappa shape index (κ2) is 8.75. The smallest absolute Gasteiger partial charge is 0.246 e. The van der Waals surface area contributed by atoms with Crippen LogP contribution < -0.4 is 9.04 Å². The fourth-order valence-corrected chi connectivity index (χ4v) is 4.77. The van der Waals surface area contributed by atoms with Crippen LogP contribution in [0.1, 0.15) is 46.0 Å². The summed E-state index contributed by atoms with van der Waals surface area (Å²) in [5.74, 6) is 0.499. The van der Waals surface area contributed by atoms with Crippen LogP contribution in [0.15, 0.2) is 24.3 Å². The number of carbonyl (C=O) groups is 1. The summed E-state index contributed by atoms with van der Waals surface area (Å²) in [6.07, 6.45) is 6.54. The van der Waals surface area contributed by atoms with Crippen molar-refractivity contribution in [2.45, 2.75) is 58.0 Å². The summed E-state index contributed by atoms with van der Waals surface area (Å²) >= 11 is 0. The molecule has 1 aliphatic rings. The minimum absolute atomic E-state index is 0.170. The van der Waals surface area contributed by atoms with Crippen LogP contribution in [0.2, 0.25) is 0 Å². The van der Waals surface area contributed by atoms with Crippen molar-refractivity contribution in [3.05, 3.63) is 24.3 Å². The van der Waals surface area contributed by atoms with Crippen LogP contribution in [-0.2, 0) is 14.8 Å². The van der Waals surface area contributed by atoms with Gasteiger partial charge in [0, 0.05) is 13.1 Å². The van der Waals surface area contributed by atoms with Gasteiger partial charge < -0.3 is 9.64 Å². The lowest BCUT2D eigenvalue weighted by atomic mass is 9.94. The summed E-state index contributed by atoms with van der Waals surface area (Å²) in [6, 6.07) is 6.20. The molecule has 146 valence electrons. The number of benzene rings is 1. The second-order valence-electron chi connectivity index (χ2n) is 6.90. The molecule has 1 fully saturated rings. The maximum atomic E-state index is 13.0. The van der Waals surface area contributed by atoms with Crippen LogP contribution in [0.5, 0.6) is 5.75 Å². The zero-order chi connectivity index (χ0) is 19.3. The van der Waals surface area contributed by atoms with E-state index in [1.54, 1.807) is 43.1 Å². The van der Waals surface area contributed by atoms with Gasteiger partial charge in [-0.15, -0.1) is 0 Å². The van der Waals surface area contributed by atoms with Crippen molar-refractivity contribution in [1.29, 1.82) is 0 Å². The topological polar surface area (TPSA) is 66.9 Å². The molecule has 1 aromatic carbocycles. The van der Waals surface area contributed by atoms with E-state index in [0.29, 0.717) is 18.0 Å². The molecule has 1 aliphatic carbocycles. The number of hydrogen-bond donors (Lipinski definition) is 0. The quantitative estimate of drug-likeness (QED) is 0.727.